The molecule has 4 aromatic rings. The lowest BCUT2D eigenvalue weighted by Crippen LogP contribution is -2.23. The summed E-state index contributed by atoms with van der Waals surface area (Å²) in [6, 6.07) is 13.6. The van der Waals surface area contributed by atoms with Crippen LogP contribution in [0.2, 0.25) is 5.02 Å². The number of halogens is 2. The summed E-state index contributed by atoms with van der Waals surface area (Å²) in [5, 5.41) is 4.49. The topological polar surface area (TPSA) is 153 Å². The van der Waals surface area contributed by atoms with Gasteiger partial charge in [-0.25, -0.2) is 9.18 Å². The summed E-state index contributed by atoms with van der Waals surface area (Å²) in [6.07, 6.45) is 4.57. The molecule has 0 amide bonds. The lowest BCUT2D eigenvalue weighted by atomic mass is 9.84. The van der Waals surface area contributed by atoms with E-state index in [0.29, 0.717) is 30.2 Å². The van der Waals surface area contributed by atoms with Gasteiger partial charge in [-0.3, -0.25) is 9.56 Å². The zero-order valence-electron chi connectivity index (χ0n) is 28.9. The Morgan fingerprint density at radius 2 is 1.74 bits per heavy atom. The van der Waals surface area contributed by atoms with E-state index in [1.165, 1.54) is 0 Å². The van der Waals surface area contributed by atoms with Crippen LogP contribution in [0.25, 0.3) is 16.7 Å². The molecule has 0 aliphatic rings. The molecule has 1 unspecified atom stereocenters. The normalized spacial score (nSPS) is 12.5. The van der Waals surface area contributed by atoms with Gasteiger partial charge in [0, 0.05) is 35.8 Å². The number of hydrogen-bond acceptors (Lipinski definition) is 5. The largest absolute Gasteiger partial charge is 0.370 e. The summed E-state index contributed by atoms with van der Waals surface area (Å²) < 4.78 is 15.6. The maximum absolute atomic E-state index is 14.0. The highest BCUT2D eigenvalue weighted by molar-refractivity contribution is 6.30. The number of guanidine groups is 1. The predicted molar refractivity (Wildman–Crippen MR) is 194 cm³/mol. The zero-order chi connectivity index (χ0) is 34.9. The molecule has 9 nitrogen and oxygen atoms in total. The molecule has 47 heavy (non-hydrogen) atoms. The Kier molecular flexibility index (Phi) is 13.2. The maximum Gasteiger partial charge on any atom is 0.354 e. The van der Waals surface area contributed by atoms with Crippen LogP contribution in [0.1, 0.15) is 83.7 Å². The highest BCUT2D eigenvalue weighted by Gasteiger charge is 2.22. The monoisotopic (exact) mass is 666 g/mol. The van der Waals surface area contributed by atoms with Crippen molar-refractivity contribution in [3.8, 4) is 5.69 Å². The fourth-order valence-electron chi connectivity index (χ4n) is 5.10. The highest BCUT2D eigenvalue weighted by Crippen LogP contribution is 2.31. The van der Waals surface area contributed by atoms with Gasteiger partial charge in [0.1, 0.15) is 11.5 Å². The van der Waals surface area contributed by atoms with E-state index in [1.807, 2.05) is 57.3 Å². The number of aliphatic imine (C=N–C) groups is 1. The highest BCUT2D eigenvalue weighted by atomic mass is 35.5. The van der Waals surface area contributed by atoms with E-state index in [2.05, 4.69) is 54.0 Å². The summed E-state index contributed by atoms with van der Waals surface area (Å²) in [5.74, 6) is 0.321. The van der Waals surface area contributed by atoms with Crippen molar-refractivity contribution in [3.05, 3.63) is 92.4 Å². The number of nitrogens with zero attached hydrogens (tertiary/aromatic N) is 3. The van der Waals surface area contributed by atoms with Crippen LogP contribution in [-0.4, -0.2) is 40.1 Å². The molecule has 11 heteroatoms. The Bertz CT molecular complexity index is 1690. The Labute approximate surface area is 283 Å². The Morgan fingerprint density at radius 1 is 1.06 bits per heavy atom. The molecule has 0 saturated heterocycles. The molecule has 2 aromatic carbocycles. The number of rotatable bonds is 11. The Balaban J connectivity index is 0.000000287. The molecule has 0 saturated carbocycles. The standard InChI is InChI=1S/C21H29N7O.C15H23ClFN/c1-21(2,3)17-11-15-13-28(20(29)27-18(15)26-17)16-7-5-14(6-8-16)12-24-9-4-10-25-19(22)23;1-10(5-6-18)7-11-8-12(15(2,3)4)14(17)13(16)9-11/h5-8,11,13,24H,4,9-10,12H2,1-3H3,(H4,22,23,25)(H,26,27,29);8-10H,5-7,18H2,1-4H3. The van der Waals surface area contributed by atoms with Crippen molar-refractivity contribution >= 4 is 28.6 Å². The second-order valence-corrected chi connectivity index (χ2v) is 14.6. The van der Waals surface area contributed by atoms with Crippen molar-refractivity contribution < 1.29 is 4.39 Å². The molecule has 256 valence electrons. The van der Waals surface area contributed by atoms with E-state index in [9.17, 15) is 9.18 Å². The molecule has 0 spiro atoms. The van der Waals surface area contributed by atoms with Crippen molar-refractivity contribution in [2.75, 3.05) is 19.6 Å². The molecule has 8 N–H and O–H groups in total. The third-order valence-electron chi connectivity index (χ3n) is 7.81. The summed E-state index contributed by atoms with van der Waals surface area (Å²) in [5.41, 5.74) is 21.0. The smallest absolute Gasteiger partial charge is 0.354 e. The average Bonchev–Trinajstić information content (AvgIpc) is 3.40. The molecule has 0 bridgehead atoms. The van der Waals surface area contributed by atoms with Gasteiger partial charge in [0.2, 0.25) is 0 Å². The van der Waals surface area contributed by atoms with Gasteiger partial charge in [0.15, 0.2) is 5.96 Å². The average molecular weight is 667 g/mol. The zero-order valence-corrected chi connectivity index (χ0v) is 29.6. The molecule has 2 heterocycles. The third-order valence-corrected chi connectivity index (χ3v) is 8.08. The molecule has 0 aliphatic carbocycles. The molecule has 0 fully saturated rings. The van der Waals surface area contributed by atoms with Gasteiger partial charge < -0.3 is 27.5 Å². The van der Waals surface area contributed by atoms with Gasteiger partial charge in [-0.1, -0.05) is 78.3 Å². The van der Waals surface area contributed by atoms with Crippen LogP contribution in [-0.2, 0) is 23.8 Å². The van der Waals surface area contributed by atoms with E-state index >= 15 is 0 Å². The number of aromatic nitrogens is 3. The first kappa shape index (κ1) is 37.7. The van der Waals surface area contributed by atoms with Crippen LogP contribution >= 0.6 is 11.6 Å². The molecule has 0 radical (unpaired) electrons. The maximum atomic E-state index is 14.0. The Hall–Kier alpha value is -3.73. The van der Waals surface area contributed by atoms with Crippen molar-refractivity contribution in [3.63, 3.8) is 0 Å². The van der Waals surface area contributed by atoms with Crippen molar-refractivity contribution in [1.82, 2.24) is 19.9 Å². The molecular weight excluding hydrogens is 615 g/mol. The summed E-state index contributed by atoms with van der Waals surface area (Å²) in [6.45, 7) is 17.4. The predicted octanol–water partition coefficient (Wildman–Crippen LogP) is 6.07. The van der Waals surface area contributed by atoms with Crippen molar-refractivity contribution in [2.24, 2.45) is 28.1 Å². The first-order valence-corrected chi connectivity index (χ1v) is 16.5. The van der Waals surface area contributed by atoms with Gasteiger partial charge in [0.25, 0.3) is 0 Å². The van der Waals surface area contributed by atoms with Crippen molar-refractivity contribution in [2.45, 2.75) is 85.1 Å². The van der Waals surface area contributed by atoms with Crippen LogP contribution in [0.15, 0.2) is 58.4 Å². The third kappa shape index (κ3) is 11.2. The quantitative estimate of drug-likeness (QED) is 0.0744. The summed E-state index contributed by atoms with van der Waals surface area (Å²) in [7, 11) is 0. The number of H-pyrrole nitrogens is 1. The molecule has 4 rings (SSSR count). The number of nitrogens with two attached hydrogens (primary N) is 3. The van der Waals surface area contributed by atoms with E-state index < -0.39 is 0 Å². The van der Waals surface area contributed by atoms with Gasteiger partial charge in [-0.05, 0) is 84.6 Å². The number of nitrogens with one attached hydrogen (secondary N) is 2. The van der Waals surface area contributed by atoms with Crippen LogP contribution in [0.3, 0.4) is 0 Å². The molecule has 1 atom stereocenters. The lowest BCUT2D eigenvalue weighted by molar-refractivity contribution is 0.514. The van der Waals surface area contributed by atoms with Gasteiger partial charge in [0.05, 0.1) is 10.7 Å². The first-order chi connectivity index (χ1) is 22.0. The second kappa shape index (κ2) is 16.4. The van der Waals surface area contributed by atoms with Crippen LogP contribution < -0.4 is 28.2 Å². The second-order valence-electron chi connectivity index (χ2n) is 14.2. The number of aromatic amines is 1. The fourth-order valence-corrected chi connectivity index (χ4v) is 5.34. The minimum atomic E-state index is -0.301. The van der Waals surface area contributed by atoms with Crippen LogP contribution in [0, 0.1) is 11.7 Å². The fraction of sp³-hybridized carbons (Fsp3) is 0.472. The van der Waals surface area contributed by atoms with Crippen LogP contribution in [0.4, 0.5) is 4.39 Å². The first-order valence-electron chi connectivity index (χ1n) is 16.2. The van der Waals surface area contributed by atoms with E-state index in [0.717, 1.165) is 60.2 Å². The molecule has 2 aromatic heterocycles. The van der Waals surface area contributed by atoms with E-state index in [4.69, 9.17) is 28.8 Å². The minimum Gasteiger partial charge on any atom is -0.370 e. The SMILES string of the molecule is CC(C)(C)c1cc2cn(-c3ccc(CNCCCN=C(N)N)cc3)c(=O)nc2[nH]1.CC(CCN)Cc1cc(Cl)c(F)c(C(C)(C)C)c1. The molecular formula is C36H52ClFN8O. The van der Waals surface area contributed by atoms with Gasteiger partial charge in [-0.2, -0.15) is 4.98 Å². The Morgan fingerprint density at radius 3 is 2.34 bits per heavy atom. The van der Waals surface area contributed by atoms with Gasteiger partial charge in [-0.15, -0.1) is 0 Å². The number of hydrogen-bond donors (Lipinski definition) is 5. The van der Waals surface area contributed by atoms with Crippen molar-refractivity contribution in [1.29, 1.82) is 0 Å². The lowest BCUT2D eigenvalue weighted by Gasteiger charge is -2.22. The van der Waals surface area contributed by atoms with E-state index in [1.54, 1.807) is 10.6 Å². The summed E-state index contributed by atoms with van der Waals surface area (Å²) in [4.78, 5) is 23.9. The summed E-state index contributed by atoms with van der Waals surface area (Å²) >= 11 is 5.99. The van der Waals surface area contributed by atoms with Gasteiger partial charge >= 0.3 is 5.69 Å². The number of benzene rings is 2. The minimum absolute atomic E-state index is 0.0352. The van der Waals surface area contributed by atoms with E-state index in [-0.39, 0.29) is 33.3 Å². The van der Waals surface area contributed by atoms with Crippen LogP contribution in [0.5, 0.6) is 0 Å². The number of fused-ring (bicyclic) bond motifs is 1. The molecule has 0 aliphatic heterocycles.